The molecule has 0 spiro atoms. The fourth-order valence-corrected chi connectivity index (χ4v) is 5.11. The van der Waals surface area contributed by atoms with Gasteiger partial charge in [0.25, 0.3) is 0 Å². The molecule has 3 aromatic heterocycles. The summed E-state index contributed by atoms with van der Waals surface area (Å²) in [7, 11) is 0. The molecule has 0 bridgehead atoms. The Morgan fingerprint density at radius 1 is 0.500 bits per heavy atom. The van der Waals surface area contributed by atoms with Gasteiger partial charge in [-0.15, -0.1) is 15.3 Å². The Morgan fingerprint density at radius 3 is 1.26 bits per heavy atom. The lowest BCUT2D eigenvalue weighted by molar-refractivity contribution is 0.0301. The van der Waals surface area contributed by atoms with Gasteiger partial charge in [-0.1, -0.05) is 107 Å². The zero-order valence-electron chi connectivity index (χ0n) is 23.3. The van der Waals surface area contributed by atoms with Crippen molar-refractivity contribution in [1.82, 2.24) is 45.0 Å². The van der Waals surface area contributed by atoms with Gasteiger partial charge in [0.1, 0.15) is 0 Å². The molecule has 1 N–H and O–H groups in total. The first-order chi connectivity index (χ1) is 20.6. The minimum Gasteiger partial charge on any atom is -0.389 e. The molecule has 10 nitrogen and oxygen atoms in total. The fourth-order valence-electron chi connectivity index (χ4n) is 5.11. The predicted octanol–water partition coefficient (Wildman–Crippen LogP) is 3.76. The first kappa shape index (κ1) is 27.2. The molecule has 3 aromatic carbocycles. The van der Waals surface area contributed by atoms with Crippen LogP contribution in [0.4, 0.5) is 0 Å². The number of aliphatic hydroxyl groups is 1. The van der Waals surface area contributed by atoms with Crippen molar-refractivity contribution in [2.75, 3.05) is 0 Å². The molecule has 212 valence electrons. The van der Waals surface area contributed by atoms with Crippen LogP contribution in [0.3, 0.4) is 0 Å². The third-order valence-electron chi connectivity index (χ3n) is 7.19. The van der Waals surface area contributed by atoms with E-state index in [2.05, 4.69) is 67.3 Å². The molecule has 0 unspecified atom stereocenters. The smallest absolute Gasteiger partial charge is 0.0856 e. The lowest BCUT2D eigenvalue weighted by Crippen LogP contribution is -2.35. The van der Waals surface area contributed by atoms with Crippen molar-refractivity contribution < 1.29 is 5.11 Å². The first-order valence-electron chi connectivity index (χ1n) is 14.1. The maximum absolute atomic E-state index is 12.0. The summed E-state index contributed by atoms with van der Waals surface area (Å²) in [5.74, 6) is 0. The minimum absolute atomic E-state index is 0.325. The normalized spacial score (nSPS) is 11.6. The molecule has 0 aliphatic carbocycles. The van der Waals surface area contributed by atoms with E-state index in [9.17, 15) is 5.11 Å². The highest BCUT2D eigenvalue weighted by Gasteiger charge is 2.31. The highest BCUT2D eigenvalue weighted by molar-refractivity contribution is 5.17. The van der Waals surface area contributed by atoms with Gasteiger partial charge in [-0.25, -0.2) is 14.0 Å². The third-order valence-corrected chi connectivity index (χ3v) is 7.19. The molecule has 0 aliphatic heterocycles. The van der Waals surface area contributed by atoms with E-state index in [1.54, 1.807) is 9.36 Å². The topological polar surface area (TPSA) is 112 Å². The molecule has 0 atom stereocenters. The van der Waals surface area contributed by atoms with Crippen LogP contribution in [0.1, 0.15) is 40.2 Å². The molecule has 0 fully saturated rings. The molecular weight excluding hydrogens is 526 g/mol. The van der Waals surface area contributed by atoms with Crippen molar-refractivity contribution in [3.05, 3.63) is 143 Å². The van der Waals surface area contributed by atoms with Gasteiger partial charge < -0.3 is 5.11 Å². The van der Waals surface area contributed by atoms with Crippen molar-refractivity contribution in [2.45, 2.75) is 50.9 Å². The molecule has 6 rings (SSSR count). The summed E-state index contributed by atoms with van der Waals surface area (Å²) in [6.07, 6.45) is 7.41. The first-order valence-corrected chi connectivity index (χ1v) is 14.1. The van der Waals surface area contributed by atoms with Gasteiger partial charge in [0.05, 0.1) is 42.3 Å². The van der Waals surface area contributed by atoms with Crippen LogP contribution >= 0.6 is 0 Å². The van der Waals surface area contributed by atoms with Crippen LogP contribution in [-0.4, -0.2) is 55.7 Å². The molecule has 6 aromatic rings. The second kappa shape index (κ2) is 12.7. The Hall–Kier alpha value is -4.96. The van der Waals surface area contributed by atoms with E-state index in [1.807, 2.05) is 77.9 Å². The van der Waals surface area contributed by atoms with Gasteiger partial charge in [0, 0.05) is 31.4 Å². The quantitative estimate of drug-likeness (QED) is 0.229. The van der Waals surface area contributed by atoms with Crippen LogP contribution in [0.15, 0.2) is 110 Å². The van der Waals surface area contributed by atoms with E-state index in [-0.39, 0.29) is 0 Å². The van der Waals surface area contributed by atoms with E-state index in [4.69, 9.17) is 0 Å². The molecule has 0 radical (unpaired) electrons. The predicted molar refractivity (Wildman–Crippen MR) is 157 cm³/mol. The number of rotatable bonds is 13. The van der Waals surface area contributed by atoms with Crippen LogP contribution in [0.25, 0.3) is 0 Å². The molecule has 0 amide bonds. The Morgan fingerprint density at radius 2 is 0.857 bits per heavy atom. The molecule has 10 heteroatoms. The highest BCUT2D eigenvalue weighted by Crippen LogP contribution is 2.23. The summed E-state index contributed by atoms with van der Waals surface area (Å²) in [6, 6.07) is 30.4. The summed E-state index contributed by atoms with van der Waals surface area (Å²) in [4.78, 5) is 0. The summed E-state index contributed by atoms with van der Waals surface area (Å²) in [5, 5.41) is 38.1. The fraction of sp³-hybridized carbons (Fsp3) is 0.250. The zero-order chi connectivity index (χ0) is 28.6. The molecule has 3 heterocycles. The molecule has 42 heavy (non-hydrogen) atoms. The SMILES string of the molecule is OC(CCc1cn(Cc2ccccc2)nn1)(Cc1cn(Cc2ccccc2)nn1)Cc1cn(Cc2ccccc2)nn1. The second-order valence-electron chi connectivity index (χ2n) is 10.8. The Kier molecular flexibility index (Phi) is 8.23. The summed E-state index contributed by atoms with van der Waals surface area (Å²) in [6.45, 7) is 1.88. The number of nitrogens with zero attached hydrogens (tertiary/aromatic N) is 9. The molecule has 0 saturated carbocycles. The van der Waals surface area contributed by atoms with Crippen molar-refractivity contribution in [1.29, 1.82) is 0 Å². The molecular formula is C32H33N9O. The van der Waals surface area contributed by atoms with Gasteiger partial charge in [-0.05, 0) is 29.5 Å². The highest BCUT2D eigenvalue weighted by atomic mass is 16.3. The largest absolute Gasteiger partial charge is 0.389 e. The van der Waals surface area contributed by atoms with Crippen LogP contribution < -0.4 is 0 Å². The van der Waals surface area contributed by atoms with E-state index in [0.717, 1.165) is 33.8 Å². The van der Waals surface area contributed by atoms with Crippen LogP contribution in [0, 0.1) is 0 Å². The average molecular weight is 560 g/mol. The monoisotopic (exact) mass is 559 g/mol. The second-order valence-corrected chi connectivity index (χ2v) is 10.8. The van der Waals surface area contributed by atoms with Crippen LogP contribution in [0.2, 0.25) is 0 Å². The van der Waals surface area contributed by atoms with Gasteiger partial charge in [-0.2, -0.15) is 0 Å². The molecule has 0 aliphatic rings. The number of benzene rings is 3. The Bertz CT molecular complexity index is 1600. The van der Waals surface area contributed by atoms with E-state index >= 15 is 0 Å². The van der Waals surface area contributed by atoms with Gasteiger partial charge in [0.2, 0.25) is 0 Å². The summed E-state index contributed by atoms with van der Waals surface area (Å²) in [5.41, 5.74) is 4.56. The van der Waals surface area contributed by atoms with Gasteiger partial charge in [0.15, 0.2) is 0 Å². The lowest BCUT2D eigenvalue weighted by Gasteiger charge is -2.26. The molecule has 0 saturated heterocycles. The lowest BCUT2D eigenvalue weighted by atomic mass is 9.87. The third kappa shape index (κ3) is 7.41. The number of hydrogen-bond donors (Lipinski definition) is 1. The summed E-state index contributed by atoms with van der Waals surface area (Å²) < 4.78 is 5.43. The van der Waals surface area contributed by atoms with E-state index in [1.165, 1.54) is 0 Å². The van der Waals surface area contributed by atoms with Crippen LogP contribution in [-0.2, 0) is 38.9 Å². The summed E-state index contributed by atoms with van der Waals surface area (Å²) >= 11 is 0. The zero-order valence-corrected chi connectivity index (χ0v) is 23.3. The van der Waals surface area contributed by atoms with Gasteiger partial charge in [-0.3, -0.25) is 0 Å². The van der Waals surface area contributed by atoms with Crippen molar-refractivity contribution in [2.24, 2.45) is 0 Å². The van der Waals surface area contributed by atoms with E-state index in [0.29, 0.717) is 45.3 Å². The standard InChI is InChI=1S/C32H33N9O/c42-32(18-30-24-40(37-34-30)21-27-12-6-2-7-13-27,19-31-25-41(38-35-31)22-28-14-8-3-9-15-28)17-16-29-23-39(36-33-29)20-26-10-4-1-5-11-26/h1-15,23-25,42H,16-22H2. The van der Waals surface area contributed by atoms with Crippen molar-refractivity contribution >= 4 is 0 Å². The van der Waals surface area contributed by atoms with Crippen molar-refractivity contribution in [3.63, 3.8) is 0 Å². The number of aryl methyl sites for hydroxylation is 1. The Balaban J connectivity index is 1.16. The number of aromatic nitrogens is 9. The van der Waals surface area contributed by atoms with E-state index < -0.39 is 5.60 Å². The Labute approximate surface area is 244 Å². The number of hydrogen-bond acceptors (Lipinski definition) is 7. The van der Waals surface area contributed by atoms with Gasteiger partial charge >= 0.3 is 0 Å². The maximum atomic E-state index is 12.0. The average Bonchev–Trinajstić information content (AvgIpc) is 3.76. The van der Waals surface area contributed by atoms with Crippen LogP contribution in [0.5, 0.6) is 0 Å². The minimum atomic E-state index is -1.13. The maximum Gasteiger partial charge on any atom is 0.0856 e. The van der Waals surface area contributed by atoms with Crippen molar-refractivity contribution in [3.8, 4) is 0 Å².